The van der Waals surface area contributed by atoms with Crippen LogP contribution in [0.3, 0.4) is 0 Å². The number of nitrogens with two attached hydrogens (primary N) is 1. The van der Waals surface area contributed by atoms with E-state index in [1.54, 1.807) is 12.4 Å². The number of nitrogens with zero attached hydrogens (tertiary/aromatic N) is 5. The third-order valence-electron chi connectivity index (χ3n) is 7.72. The minimum absolute atomic E-state index is 0.181. The second kappa shape index (κ2) is 9.42. The van der Waals surface area contributed by atoms with E-state index in [0.717, 1.165) is 55.2 Å². The number of rotatable bonds is 4. The Hall–Kier alpha value is -1.94. The van der Waals surface area contributed by atoms with Crippen molar-refractivity contribution < 1.29 is 4.21 Å². The monoisotopic (exact) mass is 549 g/mol. The number of piperidine rings is 1. The van der Waals surface area contributed by atoms with E-state index in [4.69, 9.17) is 33.9 Å². The van der Waals surface area contributed by atoms with Crippen molar-refractivity contribution in [3.8, 4) is 11.1 Å². The van der Waals surface area contributed by atoms with Crippen molar-refractivity contribution in [2.45, 2.75) is 70.6 Å². The third-order valence-corrected chi connectivity index (χ3v) is 10.2. The molecule has 3 aromatic rings. The summed E-state index contributed by atoms with van der Waals surface area (Å²) in [4.78, 5) is 16.2. The molecule has 0 bridgehead atoms. The molecule has 1 unspecified atom stereocenters. The lowest BCUT2D eigenvalue weighted by Gasteiger charge is -2.44. The minimum Gasteiger partial charge on any atom is -0.382 e. The first-order valence-corrected chi connectivity index (χ1v) is 14.3. The lowest BCUT2D eigenvalue weighted by molar-refractivity contribution is 0.187. The van der Waals surface area contributed by atoms with Crippen LogP contribution in [0.4, 0.5) is 11.8 Å². The molecule has 1 saturated carbocycles. The summed E-state index contributed by atoms with van der Waals surface area (Å²) in [5.74, 6) is 1.06. The summed E-state index contributed by atoms with van der Waals surface area (Å²) in [6.07, 6.45) is 10.8. The Morgan fingerprint density at radius 1 is 1.17 bits per heavy atom. The zero-order chi connectivity index (χ0) is 25.8. The Labute approximate surface area is 224 Å². The molecular weight excluding hydrogens is 517 g/mol. The Bertz CT molecular complexity index is 1330. The summed E-state index contributed by atoms with van der Waals surface area (Å²) in [5, 5.41) is 0.579. The van der Waals surface area contributed by atoms with E-state index >= 15 is 0 Å². The summed E-state index contributed by atoms with van der Waals surface area (Å²) < 4.78 is 18.1. The van der Waals surface area contributed by atoms with E-state index in [-0.39, 0.29) is 27.0 Å². The molecule has 5 rings (SSSR count). The number of aromatic nitrogens is 4. The number of fused-ring (bicyclic) bond motifs is 1. The van der Waals surface area contributed by atoms with E-state index in [0.29, 0.717) is 10.6 Å². The summed E-state index contributed by atoms with van der Waals surface area (Å²) in [6, 6.07) is 0.287. The van der Waals surface area contributed by atoms with E-state index in [1.807, 2.05) is 38.3 Å². The van der Waals surface area contributed by atoms with E-state index in [1.165, 1.54) is 12.8 Å². The van der Waals surface area contributed by atoms with Gasteiger partial charge in [-0.05, 0) is 58.8 Å². The van der Waals surface area contributed by atoms with Gasteiger partial charge in [-0.1, -0.05) is 29.6 Å². The molecule has 3 N–H and O–H groups in total. The zero-order valence-electron chi connectivity index (χ0n) is 21.1. The quantitative estimate of drug-likeness (QED) is 0.464. The molecule has 4 heterocycles. The van der Waals surface area contributed by atoms with Crippen LogP contribution in [0.1, 0.15) is 58.6 Å². The molecule has 36 heavy (non-hydrogen) atoms. The molecule has 2 atom stereocenters. The van der Waals surface area contributed by atoms with Gasteiger partial charge in [-0.25, -0.2) is 23.9 Å². The molecule has 8 nitrogen and oxygen atoms in total. The fourth-order valence-electron chi connectivity index (χ4n) is 5.64. The maximum atomic E-state index is 12.8. The molecule has 0 radical (unpaired) electrons. The van der Waals surface area contributed by atoms with Crippen LogP contribution in [0, 0.1) is 12.3 Å². The number of nitrogen functional groups attached to an aromatic ring is 1. The van der Waals surface area contributed by atoms with Crippen LogP contribution in [-0.4, -0.2) is 47.4 Å². The van der Waals surface area contributed by atoms with Gasteiger partial charge in [-0.3, -0.25) is 4.40 Å². The summed E-state index contributed by atoms with van der Waals surface area (Å²) in [7, 11) is -1.06. The molecule has 0 aromatic carbocycles. The first-order chi connectivity index (χ1) is 17.0. The van der Waals surface area contributed by atoms with E-state index in [2.05, 4.69) is 19.6 Å². The van der Waals surface area contributed by atoms with E-state index in [9.17, 15) is 4.21 Å². The lowest BCUT2D eigenvalue weighted by Crippen LogP contribution is -2.51. The van der Waals surface area contributed by atoms with Crippen LogP contribution in [0.15, 0.2) is 18.6 Å². The highest BCUT2D eigenvalue weighted by Gasteiger charge is 2.46. The Morgan fingerprint density at radius 3 is 2.58 bits per heavy atom. The maximum Gasteiger partial charge on any atom is 0.211 e. The summed E-state index contributed by atoms with van der Waals surface area (Å²) in [5.41, 5.74) is 9.02. The highest BCUT2D eigenvalue weighted by molar-refractivity contribution is 7.84. The van der Waals surface area contributed by atoms with Crippen LogP contribution >= 0.6 is 23.2 Å². The van der Waals surface area contributed by atoms with Gasteiger partial charge < -0.3 is 10.6 Å². The van der Waals surface area contributed by atoms with E-state index < -0.39 is 11.0 Å². The topological polar surface area (TPSA) is 101 Å². The average Bonchev–Trinajstić information content (AvgIpc) is 3.46. The fourth-order valence-corrected chi connectivity index (χ4v) is 7.01. The normalized spacial score (nSPS) is 20.9. The highest BCUT2D eigenvalue weighted by atomic mass is 35.5. The van der Waals surface area contributed by atoms with Gasteiger partial charge in [-0.2, -0.15) is 0 Å². The number of pyridine rings is 1. The number of aryl methyl sites for hydroxylation is 1. The average molecular weight is 551 g/mol. The van der Waals surface area contributed by atoms with Gasteiger partial charge in [0.2, 0.25) is 5.95 Å². The Kier molecular flexibility index (Phi) is 6.72. The standard InChI is InChI=1S/C25H33Cl2N7OS/c1-15-18(16-14-30-21(28)20(27)19(16)26)22-29-10-13-34(22)23(31-15)33-11-8-25(9-12-33)7-5-6-17(25)32-36(35)24(2,3)4/h10,13-14,17,32H,5-9,11-12H2,1-4H3,(H2,28,30)/t17?,36-/m1/s1. The molecule has 1 aliphatic heterocycles. The lowest BCUT2D eigenvalue weighted by atomic mass is 9.74. The van der Waals surface area contributed by atoms with Crippen LogP contribution in [0.25, 0.3) is 16.8 Å². The van der Waals surface area contributed by atoms with Crippen molar-refractivity contribution >= 4 is 51.6 Å². The smallest absolute Gasteiger partial charge is 0.211 e. The second-order valence-electron chi connectivity index (χ2n) is 11.0. The van der Waals surface area contributed by atoms with Crippen molar-refractivity contribution in [3.05, 3.63) is 34.3 Å². The number of hydrogen-bond donors (Lipinski definition) is 2. The fraction of sp³-hybridized carbons (Fsp3) is 0.560. The number of hydrogen-bond acceptors (Lipinski definition) is 6. The van der Waals surface area contributed by atoms with Crippen molar-refractivity contribution in [2.75, 3.05) is 23.7 Å². The minimum atomic E-state index is -1.06. The largest absolute Gasteiger partial charge is 0.382 e. The van der Waals surface area contributed by atoms with Crippen LogP contribution in [-0.2, 0) is 11.0 Å². The number of anilines is 2. The van der Waals surface area contributed by atoms with Crippen LogP contribution in [0.5, 0.6) is 0 Å². The van der Waals surface area contributed by atoms with Gasteiger partial charge in [0, 0.05) is 48.8 Å². The van der Waals surface area contributed by atoms with Gasteiger partial charge in [0.1, 0.15) is 16.5 Å². The van der Waals surface area contributed by atoms with Crippen LogP contribution in [0.2, 0.25) is 10.0 Å². The zero-order valence-corrected chi connectivity index (χ0v) is 23.5. The molecular formula is C25H33Cl2N7OS. The van der Waals surface area contributed by atoms with Gasteiger partial charge in [0.25, 0.3) is 0 Å². The van der Waals surface area contributed by atoms with Gasteiger partial charge in [-0.15, -0.1) is 0 Å². The van der Waals surface area contributed by atoms with Gasteiger partial charge >= 0.3 is 0 Å². The predicted molar refractivity (Wildman–Crippen MR) is 148 cm³/mol. The molecule has 1 spiro atoms. The van der Waals surface area contributed by atoms with Gasteiger partial charge in [0.15, 0.2) is 0 Å². The third kappa shape index (κ3) is 4.38. The number of imidazole rings is 1. The van der Waals surface area contributed by atoms with Crippen molar-refractivity contribution in [1.29, 1.82) is 0 Å². The highest BCUT2D eigenvalue weighted by Crippen LogP contribution is 2.47. The van der Waals surface area contributed by atoms with Crippen molar-refractivity contribution in [3.63, 3.8) is 0 Å². The SMILES string of the molecule is Cc1nc(N2CCC3(CCCC3N[S@](=O)C(C)(C)C)CC2)n2ccnc2c1-c1cnc(N)c(Cl)c1Cl. The molecule has 3 aromatic heterocycles. The van der Waals surface area contributed by atoms with Crippen LogP contribution < -0.4 is 15.4 Å². The summed E-state index contributed by atoms with van der Waals surface area (Å²) in [6.45, 7) is 9.80. The Balaban J connectivity index is 1.43. The molecule has 194 valence electrons. The molecule has 2 fully saturated rings. The Morgan fingerprint density at radius 2 is 1.89 bits per heavy atom. The van der Waals surface area contributed by atoms with Crippen molar-refractivity contribution in [1.82, 2.24) is 24.1 Å². The molecule has 1 aliphatic carbocycles. The number of nitrogens with one attached hydrogen (secondary N) is 1. The molecule has 2 aliphatic rings. The second-order valence-corrected chi connectivity index (χ2v) is 13.7. The first kappa shape index (κ1) is 25.7. The van der Waals surface area contributed by atoms with Gasteiger partial charge in [0.05, 0.1) is 26.4 Å². The molecule has 11 heteroatoms. The first-order valence-electron chi connectivity index (χ1n) is 12.4. The summed E-state index contributed by atoms with van der Waals surface area (Å²) >= 11 is 12.8. The van der Waals surface area contributed by atoms with Crippen molar-refractivity contribution in [2.24, 2.45) is 5.41 Å². The molecule has 0 amide bonds. The maximum absolute atomic E-state index is 12.8. The molecule has 1 saturated heterocycles. The number of halogens is 2. The predicted octanol–water partition coefficient (Wildman–Crippen LogP) is 5.18.